The summed E-state index contributed by atoms with van der Waals surface area (Å²) in [6, 6.07) is 0. The molecule has 11 unspecified atom stereocenters. The van der Waals surface area contributed by atoms with Crippen molar-refractivity contribution in [1.29, 1.82) is 0 Å². The summed E-state index contributed by atoms with van der Waals surface area (Å²) in [5.41, 5.74) is 0. The monoisotopic (exact) mass is 1820 g/mol. The average Bonchev–Trinajstić information content (AvgIpc) is 1.68. The van der Waals surface area contributed by atoms with E-state index in [0.29, 0.717) is 51.4 Å². The summed E-state index contributed by atoms with van der Waals surface area (Å²) >= 11 is 1.46. The van der Waals surface area contributed by atoms with E-state index < -0.39 is 54.6 Å². The molecule has 0 aromatic carbocycles. The molecule has 0 saturated carbocycles. The Hall–Kier alpha value is -7.28. The maximum absolute atomic E-state index is 12.5. The number of nitrogens with zero attached hydrogens (tertiary/aromatic N) is 2. The number of methoxy groups -OCH3 is 4. The van der Waals surface area contributed by atoms with E-state index in [1.54, 1.807) is 13.8 Å². The van der Waals surface area contributed by atoms with Gasteiger partial charge in [0.05, 0.1) is 121 Å². The number of allylic oxidation sites excluding steroid dienone is 1. The summed E-state index contributed by atoms with van der Waals surface area (Å²) in [5, 5.41) is 69.2. The van der Waals surface area contributed by atoms with Crippen LogP contribution in [0.2, 0.25) is 0 Å². The lowest BCUT2D eigenvalue weighted by Crippen LogP contribution is -2.36. The van der Waals surface area contributed by atoms with Gasteiger partial charge in [-0.3, -0.25) is 72.1 Å². The van der Waals surface area contributed by atoms with Crippen molar-refractivity contribution in [2.24, 2.45) is 11.8 Å². The quantitative estimate of drug-likeness (QED) is 0.0100. The lowest BCUT2D eigenvalue weighted by atomic mass is 10.00. The zero-order valence-corrected chi connectivity index (χ0v) is 76.5. The van der Waals surface area contributed by atoms with Crippen LogP contribution in [-0.4, -0.2) is 363 Å². The number of hydrogen-bond acceptors (Lipinski definition) is 35. The molecule has 10 amide bonds. The first-order chi connectivity index (χ1) is 59.6. The Kier molecular flexibility index (Phi) is 72.5. The number of likely N-dealkylation sites (tertiary alicyclic amines) is 2. The fraction of sp³-hybridized carbons (Fsp3) is 0.817. The third-order valence-corrected chi connectivity index (χ3v) is 19.4. The minimum atomic E-state index is -0.785. The lowest BCUT2D eigenvalue weighted by Gasteiger charge is -2.21. The normalized spacial score (nSPS) is 16.2. The second kappa shape index (κ2) is 75.7. The highest BCUT2D eigenvalue weighted by atomic mass is 32.2. The van der Waals surface area contributed by atoms with E-state index in [-0.39, 0.29) is 322 Å². The smallest absolute Gasteiger partial charge is 0.305 e. The molecule has 0 spiro atoms. The van der Waals surface area contributed by atoms with Crippen molar-refractivity contribution in [3.05, 3.63) is 12.3 Å². The minimum Gasteiger partial charge on any atom is -0.513 e. The second-order valence-electron chi connectivity index (χ2n) is 29.2. The molecule has 0 radical (unpaired) electrons. The van der Waals surface area contributed by atoms with Gasteiger partial charge < -0.3 is 134 Å². The van der Waals surface area contributed by atoms with Crippen LogP contribution in [-0.2, 0) is 133 Å². The van der Waals surface area contributed by atoms with Crippen LogP contribution in [0.3, 0.4) is 0 Å². The van der Waals surface area contributed by atoms with Crippen LogP contribution in [0.1, 0.15) is 178 Å². The largest absolute Gasteiger partial charge is 0.513 e. The molecule has 0 aromatic rings. The summed E-state index contributed by atoms with van der Waals surface area (Å²) in [6.45, 7) is 22.9. The number of carbonyl (C=O) groups excluding carboxylic acids is 13. The fourth-order valence-corrected chi connectivity index (χ4v) is 11.7. The predicted octanol–water partition coefficient (Wildman–Crippen LogP) is 0.814. The van der Waals surface area contributed by atoms with E-state index in [1.165, 1.54) is 45.1 Å². The first kappa shape index (κ1) is 120. The zero-order valence-electron chi connectivity index (χ0n) is 75.7. The molecular weight excluding hydrogens is 1670 g/mol. The number of rotatable bonds is 70. The molecule has 125 heavy (non-hydrogen) atoms. The van der Waals surface area contributed by atoms with Gasteiger partial charge in [0, 0.05) is 168 Å². The summed E-state index contributed by atoms with van der Waals surface area (Å²) < 4.78 is 78.0. The van der Waals surface area contributed by atoms with Gasteiger partial charge in [0.25, 0.3) is 0 Å². The molecule has 2 saturated heterocycles. The molecule has 2 rings (SSSR count). The van der Waals surface area contributed by atoms with Crippen molar-refractivity contribution in [2.75, 3.05) is 187 Å². The molecule has 2 aliphatic rings. The standard InChI is InChI=1S/C32H56N4O12S.C30H52N4O12.C13H24O6.C7H16O4/c1-6-23(21-37)48-30(44-5)22-47-29(42)9-7-8-25(38)33-12-13-34-27(40)11-16-45-18-19-46-17-14-35-26(39)10-15-36-28(41)20-24(31(36)43)49-32(2,3)4;1-5-23(19-35)46-28(42-4)20-45-27(39)8-6-7-24(36)31-11-12-32-26(38)10-15-43-17-18-44-16-13-33-25(37)9-14-34-29(40)21(2)22(3)30(34)41;1-4-11(8-14)19-13(17-3)9-18-12(16)7-5-6-10(2)15;1-3-6(4-8)11-7(5-9)10-2/h23-24,30,37H,6-22H2,1-5H3,(H,33,38)(H,34,40)(H,35,39);21-23,28,35H,5-20H2,1-4H3,(H,31,36)(H,32,38)(H,33,37);11,13-15H,2,4-9H2,1,3H3;6-9H,3-5H2,1-2H3. The predicted molar refractivity (Wildman–Crippen MR) is 453 cm³/mol. The summed E-state index contributed by atoms with van der Waals surface area (Å²) in [6.07, 6.45) is 0.739. The number of hydrogen-bond donors (Lipinski definition) is 12. The van der Waals surface area contributed by atoms with Crippen LogP contribution >= 0.6 is 11.8 Å². The van der Waals surface area contributed by atoms with E-state index in [0.717, 1.165) is 4.90 Å². The van der Waals surface area contributed by atoms with Crippen molar-refractivity contribution in [3.8, 4) is 0 Å². The molecule has 2 aliphatic heterocycles. The highest BCUT2D eigenvalue weighted by molar-refractivity contribution is 8.01. The van der Waals surface area contributed by atoms with E-state index in [4.69, 9.17) is 91.5 Å². The number of imide groups is 2. The molecule has 43 heteroatoms. The van der Waals surface area contributed by atoms with Crippen molar-refractivity contribution in [1.82, 2.24) is 41.7 Å². The van der Waals surface area contributed by atoms with Gasteiger partial charge in [-0.25, -0.2) is 0 Å². The van der Waals surface area contributed by atoms with Gasteiger partial charge in [0.1, 0.15) is 19.8 Å². The molecular formula is C82H148N8O34S. The number of esters is 3. The Morgan fingerprint density at radius 3 is 1.00 bits per heavy atom. The van der Waals surface area contributed by atoms with E-state index in [2.05, 4.69) is 38.5 Å². The number of aliphatic hydroxyl groups excluding tert-OH is 6. The number of thioether (sulfide) groups is 1. The third-order valence-electron chi connectivity index (χ3n) is 18.0. The van der Waals surface area contributed by atoms with Crippen LogP contribution in [0, 0.1) is 11.8 Å². The van der Waals surface area contributed by atoms with Crippen molar-refractivity contribution in [3.63, 3.8) is 0 Å². The van der Waals surface area contributed by atoms with Gasteiger partial charge in [0.2, 0.25) is 59.1 Å². The van der Waals surface area contributed by atoms with Crippen molar-refractivity contribution in [2.45, 2.75) is 237 Å². The Morgan fingerprint density at radius 1 is 0.400 bits per heavy atom. The van der Waals surface area contributed by atoms with Gasteiger partial charge in [-0.15, -0.1) is 11.8 Å². The van der Waals surface area contributed by atoms with Gasteiger partial charge in [-0.05, 0) is 44.9 Å². The number of carbonyl (C=O) groups is 13. The minimum absolute atomic E-state index is 0.0219. The number of aliphatic hydroxyl groups is 6. The first-order valence-corrected chi connectivity index (χ1v) is 43.4. The molecule has 0 bridgehead atoms. The van der Waals surface area contributed by atoms with E-state index in [9.17, 15) is 72.5 Å². The van der Waals surface area contributed by atoms with Crippen LogP contribution in [0.25, 0.3) is 0 Å². The Balaban J connectivity index is 0. The average molecular weight is 1820 g/mol. The molecule has 2 fully saturated rings. The molecule has 12 N–H and O–H groups in total. The highest BCUT2D eigenvalue weighted by Gasteiger charge is 2.43. The summed E-state index contributed by atoms with van der Waals surface area (Å²) in [5.74, 6) is -4.54. The topological polar surface area (TPSA) is 560 Å². The van der Waals surface area contributed by atoms with Crippen LogP contribution in [0.15, 0.2) is 12.3 Å². The first-order valence-electron chi connectivity index (χ1n) is 42.5. The summed E-state index contributed by atoms with van der Waals surface area (Å²) in [7, 11) is 5.71. The molecule has 42 nitrogen and oxygen atoms in total. The maximum Gasteiger partial charge on any atom is 0.305 e. The van der Waals surface area contributed by atoms with Gasteiger partial charge in [-0.2, -0.15) is 0 Å². The fourth-order valence-electron chi connectivity index (χ4n) is 10.4. The number of ether oxygens (including phenoxy) is 15. The third kappa shape index (κ3) is 62.5. The SMILES string of the molecule is C=C(O)CCCC(=O)OCC(OC)OC(CC)CO.CCC(CO)OC(CO)OC.CCC(CO)OC(COC(=O)CCCC(=O)NCCNC(=O)CCOCCOCCNC(=O)CCN1C(=O)C(C)C(C)C1=O)OC.CCC(CO)OC(COC(=O)CCCC(=O)NCCNC(=O)CCOCCOCCNC(=O)CCN1C(=O)CC(SC(C)(C)C)C1=O)OC. The zero-order chi connectivity index (χ0) is 94.3. The lowest BCUT2D eigenvalue weighted by molar-refractivity contribution is -0.194. The summed E-state index contributed by atoms with van der Waals surface area (Å²) in [4.78, 5) is 158. The Morgan fingerprint density at radius 2 is 0.696 bits per heavy atom. The highest BCUT2D eigenvalue weighted by Crippen LogP contribution is 2.35. The van der Waals surface area contributed by atoms with Crippen LogP contribution in [0.4, 0.5) is 0 Å². The van der Waals surface area contributed by atoms with Crippen molar-refractivity contribution < 1.29 is 164 Å². The second-order valence-corrected chi connectivity index (χ2v) is 31.2. The molecule has 11 atom stereocenters. The Labute approximate surface area is 739 Å². The molecule has 0 aromatic heterocycles. The van der Waals surface area contributed by atoms with Gasteiger partial charge in [-0.1, -0.05) is 68.9 Å². The molecule has 726 valence electrons. The maximum atomic E-state index is 12.5. The number of nitrogens with one attached hydrogen (secondary N) is 6. The van der Waals surface area contributed by atoms with Crippen LogP contribution in [0.5, 0.6) is 0 Å². The van der Waals surface area contributed by atoms with E-state index >= 15 is 0 Å². The van der Waals surface area contributed by atoms with Crippen molar-refractivity contribution >= 4 is 88.7 Å². The molecule has 2 heterocycles. The molecule has 0 aliphatic carbocycles. The number of amides is 10. The Bertz CT molecular complexity index is 2970. The van der Waals surface area contributed by atoms with E-state index in [1.807, 2.05) is 48.5 Å². The van der Waals surface area contributed by atoms with Gasteiger partial charge >= 0.3 is 17.9 Å². The van der Waals surface area contributed by atoms with Crippen LogP contribution < -0.4 is 31.9 Å². The van der Waals surface area contributed by atoms with Gasteiger partial charge in [0.15, 0.2) is 25.2 Å².